The standard InChI is InChI=1S/C3H3N4O2S2/c8-11(9)2-1-7-3(10)4-5-6-7/h2H,1H2. The smallest absolute Gasteiger partial charge is 0.212 e. The van der Waals surface area contributed by atoms with Gasteiger partial charge in [-0.3, -0.25) is 0 Å². The van der Waals surface area contributed by atoms with Crippen molar-refractivity contribution in [2.24, 2.45) is 0 Å². The van der Waals surface area contributed by atoms with Crippen molar-refractivity contribution in [2.45, 2.75) is 11.7 Å². The summed E-state index contributed by atoms with van der Waals surface area (Å²) in [5, 5.41) is 11.3. The predicted octanol–water partition coefficient (Wildman–Crippen LogP) is -1.09. The van der Waals surface area contributed by atoms with E-state index in [1.165, 1.54) is 4.68 Å². The molecule has 0 atom stereocenters. The van der Waals surface area contributed by atoms with Gasteiger partial charge < -0.3 is 0 Å². The van der Waals surface area contributed by atoms with Crippen LogP contribution in [-0.2, 0) is 16.8 Å². The van der Waals surface area contributed by atoms with Crippen LogP contribution in [0, 0.1) is 0 Å². The zero-order valence-electron chi connectivity index (χ0n) is 5.21. The fraction of sp³-hybridized carbons (Fsp3) is 0.333. The first kappa shape index (κ1) is 8.08. The van der Waals surface area contributed by atoms with Crippen LogP contribution >= 0.6 is 12.6 Å². The summed E-state index contributed by atoms with van der Waals surface area (Å²) in [5.74, 6) is 0. The largest absolute Gasteiger partial charge is 0.240 e. The third-order valence-electron chi connectivity index (χ3n) is 0.883. The highest BCUT2D eigenvalue weighted by Crippen LogP contribution is 1.94. The van der Waals surface area contributed by atoms with Crippen molar-refractivity contribution in [3.63, 3.8) is 0 Å². The molecule has 0 bridgehead atoms. The van der Waals surface area contributed by atoms with Crippen LogP contribution in [0.3, 0.4) is 0 Å². The number of nitrogens with zero attached hydrogens (tertiary/aromatic N) is 4. The maximum Gasteiger partial charge on any atom is 0.240 e. The van der Waals surface area contributed by atoms with Crippen molar-refractivity contribution in [2.75, 3.05) is 0 Å². The van der Waals surface area contributed by atoms with E-state index in [9.17, 15) is 8.42 Å². The van der Waals surface area contributed by atoms with Gasteiger partial charge in [-0.1, -0.05) is 5.10 Å². The lowest BCUT2D eigenvalue weighted by atomic mass is 10.8. The van der Waals surface area contributed by atoms with Crippen molar-refractivity contribution in [3.05, 3.63) is 0 Å². The first-order valence-electron chi connectivity index (χ1n) is 2.54. The van der Waals surface area contributed by atoms with Gasteiger partial charge in [0.1, 0.15) is 0 Å². The van der Waals surface area contributed by atoms with Crippen LogP contribution in [0.2, 0.25) is 0 Å². The van der Waals surface area contributed by atoms with Crippen LogP contribution in [0.1, 0.15) is 0 Å². The topological polar surface area (TPSA) is 77.7 Å². The minimum atomic E-state index is -2.20. The molecule has 6 nitrogen and oxygen atoms in total. The fourth-order valence-corrected chi connectivity index (χ4v) is 0.853. The highest BCUT2D eigenvalue weighted by Gasteiger charge is 1.98. The summed E-state index contributed by atoms with van der Waals surface area (Å²) in [5.41, 5.74) is 0. The molecule has 1 heterocycles. The molecule has 0 aromatic carbocycles. The minimum Gasteiger partial charge on any atom is -0.212 e. The Balaban J connectivity index is 2.80. The molecule has 0 fully saturated rings. The molecule has 0 saturated heterocycles. The molecule has 11 heavy (non-hydrogen) atoms. The molecule has 0 amide bonds. The monoisotopic (exact) mass is 191 g/mol. The summed E-state index contributed by atoms with van der Waals surface area (Å²) in [6, 6.07) is 0. The van der Waals surface area contributed by atoms with E-state index >= 15 is 0 Å². The Morgan fingerprint density at radius 1 is 1.64 bits per heavy atom. The summed E-state index contributed by atoms with van der Waals surface area (Å²) < 4.78 is 21.3. The van der Waals surface area contributed by atoms with E-state index in [1.54, 1.807) is 0 Å². The maximum atomic E-state index is 10.0. The number of hydrogen-bond donors (Lipinski definition) is 0. The van der Waals surface area contributed by atoms with Crippen LogP contribution in [0.5, 0.6) is 0 Å². The molecule has 0 N–H and O–H groups in total. The van der Waals surface area contributed by atoms with E-state index in [0.29, 0.717) is 0 Å². The molecule has 0 unspecified atom stereocenters. The molecule has 1 aromatic heterocycles. The van der Waals surface area contributed by atoms with E-state index in [2.05, 4.69) is 28.2 Å². The van der Waals surface area contributed by atoms with Crippen LogP contribution in [0.25, 0.3) is 0 Å². The van der Waals surface area contributed by atoms with Gasteiger partial charge in [0.05, 0.1) is 11.9 Å². The first-order valence-corrected chi connectivity index (χ1v) is 4.09. The van der Waals surface area contributed by atoms with Crippen molar-refractivity contribution in [3.8, 4) is 0 Å². The normalized spacial score (nSPS) is 9.45. The van der Waals surface area contributed by atoms with Crippen molar-refractivity contribution in [1.82, 2.24) is 20.2 Å². The van der Waals surface area contributed by atoms with E-state index in [-0.39, 0.29) is 11.7 Å². The number of rotatable bonds is 2. The zero-order valence-corrected chi connectivity index (χ0v) is 6.84. The van der Waals surface area contributed by atoms with E-state index in [4.69, 9.17) is 0 Å². The van der Waals surface area contributed by atoms with Gasteiger partial charge in [0.2, 0.25) is 15.4 Å². The molecule has 0 spiro atoms. The third kappa shape index (κ3) is 2.24. The fourth-order valence-electron chi connectivity index (χ4n) is 0.442. The molecule has 0 aliphatic rings. The van der Waals surface area contributed by atoms with Crippen LogP contribution in [0.4, 0.5) is 0 Å². The molecule has 1 aromatic rings. The number of tetrazole rings is 1. The summed E-state index contributed by atoms with van der Waals surface area (Å²) in [6.45, 7) is 0.0853. The summed E-state index contributed by atoms with van der Waals surface area (Å²) in [7, 11) is -2.20. The van der Waals surface area contributed by atoms with Gasteiger partial charge in [0.25, 0.3) is 0 Å². The quantitative estimate of drug-likeness (QED) is 0.555. The van der Waals surface area contributed by atoms with Crippen LogP contribution < -0.4 is 0 Å². The second-order valence-electron chi connectivity index (χ2n) is 1.57. The van der Waals surface area contributed by atoms with Gasteiger partial charge in [-0.25, -0.2) is 4.68 Å². The minimum absolute atomic E-state index is 0.0853. The Kier molecular flexibility index (Phi) is 2.49. The van der Waals surface area contributed by atoms with Gasteiger partial charge in [-0.05, 0) is 23.1 Å². The third-order valence-corrected chi connectivity index (χ3v) is 1.60. The van der Waals surface area contributed by atoms with E-state index in [0.717, 1.165) is 5.37 Å². The van der Waals surface area contributed by atoms with Gasteiger partial charge in [0, 0.05) is 0 Å². The van der Waals surface area contributed by atoms with Crippen LogP contribution in [-0.4, -0.2) is 34.0 Å². The maximum absolute atomic E-state index is 10.0. The Labute approximate surface area is 69.2 Å². The zero-order chi connectivity index (χ0) is 8.27. The number of aromatic nitrogens is 4. The van der Waals surface area contributed by atoms with Gasteiger partial charge >= 0.3 is 0 Å². The Morgan fingerprint density at radius 2 is 2.36 bits per heavy atom. The van der Waals surface area contributed by atoms with E-state index < -0.39 is 10.3 Å². The average molecular weight is 191 g/mol. The SMILES string of the molecule is O=S(=O)=CCn1nnnc1[S]. The number of hydrogen-bond acceptors (Lipinski definition) is 5. The summed E-state index contributed by atoms with van der Waals surface area (Å²) in [6.07, 6.45) is 0. The van der Waals surface area contributed by atoms with Gasteiger partial charge in [-0.15, -0.1) is 0 Å². The van der Waals surface area contributed by atoms with Gasteiger partial charge in [-0.2, -0.15) is 8.42 Å². The Hall–Kier alpha value is -1.02. The molecular formula is C3H3N4O2S2. The molecule has 0 aliphatic heterocycles. The van der Waals surface area contributed by atoms with Crippen molar-refractivity contribution >= 4 is 28.3 Å². The van der Waals surface area contributed by atoms with Crippen molar-refractivity contribution in [1.29, 1.82) is 0 Å². The average Bonchev–Trinajstić information content (AvgIpc) is 2.31. The second kappa shape index (κ2) is 3.39. The van der Waals surface area contributed by atoms with Gasteiger partial charge in [0.15, 0.2) is 0 Å². The van der Waals surface area contributed by atoms with Crippen LogP contribution in [0.15, 0.2) is 5.16 Å². The summed E-state index contributed by atoms with van der Waals surface area (Å²) >= 11 is 4.64. The molecule has 0 saturated carbocycles. The lowest BCUT2D eigenvalue weighted by Crippen LogP contribution is -2.02. The molecule has 59 valence electrons. The highest BCUT2D eigenvalue weighted by molar-refractivity contribution is 7.80. The van der Waals surface area contributed by atoms with Crippen molar-refractivity contribution < 1.29 is 8.42 Å². The first-order chi connectivity index (χ1) is 5.20. The Morgan fingerprint density at radius 3 is 2.82 bits per heavy atom. The lowest BCUT2D eigenvalue weighted by Gasteiger charge is -1.88. The Bertz CT molecular complexity index is 358. The molecule has 1 rings (SSSR count). The van der Waals surface area contributed by atoms with E-state index in [1.807, 2.05) is 0 Å². The molecular weight excluding hydrogens is 188 g/mol. The molecule has 8 heteroatoms. The molecule has 1 radical (unpaired) electrons. The molecule has 0 aliphatic carbocycles. The predicted molar refractivity (Wildman–Crippen MR) is 38.7 cm³/mol. The second-order valence-corrected chi connectivity index (χ2v) is 2.79. The highest BCUT2D eigenvalue weighted by atomic mass is 32.2. The lowest BCUT2D eigenvalue weighted by molar-refractivity contribution is 0.622. The summed E-state index contributed by atoms with van der Waals surface area (Å²) in [4.78, 5) is 0.